The number of fused-ring (bicyclic) bond motifs is 1. The number of likely N-dealkylation sites (N-methyl/N-ethyl adjacent to an activating group) is 1. The summed E-state index contributed by atoms with van der Waals surface area (Å²) >= 11 is 0. The van der Waals surface area contributed by atoms with Crippen molar-refractivity contribution in [2.75, 3.05) is 26.7 Å². The van der Waals surface area contributed by atoms with Gasteiger partial charge in [-0.2, -0.15) is 0 Å². The van der Waals surface area contributed by atoms with E-state index in [0.717, 1.165) is 16.7 Å². The van der Waals surface area contributed by atoms with Gasteiger partial charge >= 0.3 is 5.97 Å². The van der Waals surface area contributed by atoms with Crippen LogP contribution in [0.5, 0.6) is 5.75 Å². The number of nitrogens with zero attached hydrogens (tertiary/aromatic N) is 1. The van der Waals surface area contributed by atoms with Gasteiger partial charge in [-0.25, -0.2) is 0 Å². The quantitative estimate of drug-likeness (QED) is 0.274. The molecular weight excluding hydrogens is 410 g/mol. The van der Waals surface area contributed by atoms with Gasteiger partial charge < -0.3 is 9.47 Å². The van der Waals surface area contributed by atoms with Gasteiger partial charge in [0.15, 0.2) is 0 Å². The van der Waals surface area contributed by atoms with Crippen molar-refractivity contribution in [2.24, 2.45) is 0 Å². The Kier molecular flexibility index (Phi) is 7.92. The van der Waals surface area contributed by atoms with Crippen LogP contribution in [0.4, 0.5) is 0 Å². The van der Waals surface area contributed by atoms with Crippen LogP contribution in [-0.4, -0.2) is 43.2 Å². The summed E-state index contributed by atoms with van der Waals surface area (Å²) in [6.45, 7) is 6.85. The molecule has 0 saturated heterocycles. The van der Waals surface area contributed by atoms with Crippen molar-refractivity contribution < 1.29 is 14.3 Å². The Labute approximate surface area is 197 Å². The average molecular weight is 442 g/mol. The summed E-state index contributed by atoms with van der Waals surface area (Å²) in [5.41, 5.74) is 5.26. The van der Waals surface area contributed by atoms with Crippen LogP contribution in [0, 0.1) is 12.3 Å². The van der Waals surface area contributed by atoms with Crippen LogP contribution < -0.4 is 4.74 Å². The van der Waals surface area contributed by atoms with Gasteiger partial charge in [-0.3, -0.25) is 9.69 Å². The minimum atomic E-state index is -0.472. The molecule has 0 amide bonds. The number of carbonyl (C=O) groups is 1. The van der Waals surface area contributed by atoms with Crippen LogP contribution in [0.15, 0.2) is 72.8 Å². The van der Waals surface area contributed by atoms with Gasteiger partial charge in [0.1, 0.15) is 18.0 Å². The number of hydrogen-bond acceptors (Lipinski definition) is 4. The number of terminal acetylenes is 1. The minimum absolute atomic E-state index is 0.225. The highest BCUT2D eigenvalue weighted by molar-refractivity contribution is 5.80. The van der Waals surface area contributed by atoms with Crippen LogP contribution >= 0.6 is 0 Å². The number of rotatable bonds is 7. The van der Waals surface area contributed by atoms with Gasteiger partial charge in [0.05, 0.1) is 6.54 Å². The van der Waals surface area contributed by atoms with Gasteiger partial charge in [0.25, 0.3) is 0 Å². The van der Waals surface area contributed by atoms with E-state index in [9.17, 15) is 4.79 Å². The lowest BCUT2D eigenvalue weighted by atomic mass is 10.00. The fourth-order valence-electron chi connectivity index (χ4n) is 3.27. The fraction of sp³-hybridized carbons (Fsp3) is 0.276. The molecule has 0 N–H and O–H groups in total. The summed E-state index contributed by atoms with van der Waals surface area (Å²) in [4.78, 5) is 13.7. The molecule has 0 radical (unpaired) electrons. The Balaban J connectivity index is 0.000000431. The molecule has 0 atom stereocenters. The number of carbonyl (C=O) groups excluding carboxylic acids is 1. The minimum Gasteiger partial charge on any atom is -0.492 e. The lowest BCUT2D eigenvalue weighted by Gasteiger charge is -2.22. The molecule has 0 bridgehead atoms. The Hall–Kier alpha value is -3.55. The topological polar surface area (TPSA) is 38.8 Å². The molecule has 4 heteroatoms. The number of hydrogen-bond donors (Lipinski definition) is 0. The second-order valence-electron chi connectivity index (χ2n) is 8.97. The molecule has 0 spiro atoms. The van der Waals surface area contributed by atoms with E-state index < -0.39 is 5.60 Å². The Bertz CT molecular complexity index is 1110. The van der Waals surface area contributed by atoms with E-state index in [4.69, 9.17) is 15.9 Å². The zero-order valence-electron chi connectivity index (χ0n) is 19.8. The molecule has 2 aromatic rings. The third-order valence-corrected chi connectivity index (χ3v) is 4.90. The Morgan fingerprint density at radius 3 is 2.15 bits per heavy atom. The molecule has 0 saturated carbocycles. The van der Waals surface area contributed by atoms with Crippen LogP contribution in [0.1, 0.15) is 26.3 Å². The fourth-order valence-corrected chi connectivity index (χ4v) is 3.27. The highest BCUT2D eigenvalue weighted by atomic mass is 16.6. The van der Waals surface area contributed by atoms with E-state index in [1.54, 1.807) is 0 Å². The van der Waals surface area contributed by atoms with Crippen LogP contribution in [0.3, 0.4) is 0 Å². The Morgan fingerprint density at radius 1 is 0.939 bits per heavy atom. The zero-order chi connectivity index (χ0) is 23.8. The van der Waals surface area contributed by atoms with E-state index >= 15 is 0 Å². The molecule has 0 aromatic heterocycles. The predicted molar refractivity (Wildman–Crippen MR) is 134 cm³/mol. The van der Waals surface area contributed by atoms with E-state index in [-0.39, 0.29) is 12.5 Å². The summed E-state index contributed by atoms with van der Waals surface area (Å²) in [6, 6.07) is 24.3. The van der Waals surface area contributed by atoms with Gasteiger partial charge in [-0.05, 0) is 74.3 Å². The summed E-state index contributed by atoms with van der Waals surface area (Å²) in [7, 11) is 1.86. The van der Waals surface area contributed by atoms with Crippen molar-refractivity contribution in [1.82, 2.24) is 4.90 Å². The molecule has 4 nitrogen and oxygen atoms in total. The van der Waals surface area contributed by atoms with Crippen molar-refractivity contribution in [2.45, 2.75) is 26.4 Å². The van der Waals surface area contributed by atoms with Gasteiger partial charge in [0, 0.05) is 12.1 Å². The lowest BCUT2D eigenvalue weighted by Crippen LogP contribution is -2.34. The summed E-state index contributed by atoms with van der Waals surface area (Å²) in [6.07, 6.45) is 5.67. The van der Waals surface area contributed by atoms with Crippen molar-refractivity contribution in [3.63, 3.8) is 0 Å². The van der Waals surface area contributed by atoms with Crippen molar-refractivity contribution in [1.29, 1.82) is 0 Å². The molecule has 0 heterocycles. The Morgan fingerprint density at radius 2 is 1.61 bits per heavy atom. The van der Waals surface area contributed by atoms with Crippen LogP contribution in [0.2, 0.25) is 0 Å². The molecular formula is C29H31NO3. The van der Waals surface area contributed by atoms with Crippen molar-refractivity contribution in [3.8, 4) is 40.3 Å². The van der Waals surface area contributed by atoms with E-state index in [0.29, 0.717) is 18.9 Å². The third kappa shape index (κ3) is 7.82. The molecule has 170 valence electrons. The predicted octanol–water partition coefficient (Wildman–Crippen LogP) is 5.65. The van der Waals surface area contributed by atoms with E-state index in [2.05, 4.69) is 30.2 Å². The van der Waals surface area contributed by atoms with Crippen LogP contribution in [0.25, 0.3) is 22.3 Å². The molecule has 0 fully saturated rings. The third-order valence-electron chi connectivity index (χ3n) is 4.90. The van der Waals surface area contributed by atoms with Crippen molar-refractivity contribution >= 4 is 5.97 Å². The molecule has 0 aliphatic heterocycles. The number of esters is 1. The molecule has 0 unspecified atom stereocenters. The molecule has 33 heavy (non-hydrogen) atoms. The van der Waals surface area contributed by atoms with E-state index in [1.165, 1.54) is 11.1 Å². The highest BCUT2D eigenvalue weighted by Gasteiger charge is 2.17. The summed E-state index contributed by atoms with van der Waals surface area (Å²) in [5.74, 6) is 3.20. The SMILES string of the molecule is C#Cc1cc(OCCN(C)CC(=O)OC(C)(C)C)ccc1-c1ccccc1.c1cc2cc-2c1. The largest absolute Gasteiger partial charge is 0.492 e. The van der Waals surface area contributed by atoms with E-state index in [1.807, 2.05) is 81.2 Å². The maximum atomic E-state index is 11.8. The molecule has 2 aliphatic rings. The first kappa shape index (κ1) is 24.1. The molecule has 2 aliphatic carbocycles. The molecule has 2 aromatic carbocycles. The molecule has 4 rings (SSSR count). The average Bonchev–Trinajstić information content (AvgIpc) is 3.37. The lowest BCUT2D eigenvalue weighted by molar-refractivity contribution is -0.155. The summed E-state index contributed by atoms with van der Waals surface area (Å²) < 4.78 is 11.1. The maximum absolute atomic E-state index is 11.8. The van der Waals surface area contributed by atoms with Crippen molar-refractivity contribution in [3.05, 3.63) is 78.4 Å². The highest BCUT2D eigenvalue weighted by Crippen LogP contribution is 2.32. The first-order valence-corrected chi connectivity index (χ1v) is 11.0. The van der Waals surface area contributed by atoms with Crippen LogP contribution in [-0.2, 0) is 9.53 Å². The standard InChI is InChI=1S/C23H27NO3.C6H4/c1-6-18-16-20(12-13-21(18)19-10-8-7-9-11-19)26-15-14-24(5)17-22(25)27-23(2,3)4;1-2-5-4-6(5)3-1/h1,7-13,16H,14-15,17H2,2-5H3;1-4H. The summed E-state index contributed by atoms with van der Waals surface area (Å²) in [5, 5.41) is 0. The first-order chi connectivity index (χ1) is 15.7. The zero-order valence-corrected chi connectivity index (χ0v) is 19.8. The van der Waals surface area contributed by atoms with Gasteiger partial charge in [-0.15, -0.1) is 6.42 Å². The second kappa shape index (κ2) is 10.8. The maximum Gasteiger partial charge on any atom is 0.320 e. The van der Waals surface area contributed by atoms with Gasteiger partial charge in [-0.1, -0.05) is 54.5 Å². The smallest absolute Gasteiger partial charge is 0.320 e. The monoisotopic (exact) mass is 441 g/mol. The number of ether oxygens (including phenoxy) is 2. The normalized spacial score (nSPS) is 11.2. The first-order valence-electron chi connectivity index (χ1n) is 11.0. The number of benzene rings is 3. The van der Waals surface area contributed by atoms with Gasteiger partial charge in [0.2, 0.25) is 0 Å². The second-order valence-corrected chi connectivity index (χ2v) is 8.97.